The fraction of sp³-hybridized carbons (Fsp3) is 0.727. The van der Waals surface area contributed by atoms with Gasteiger partial charge in [0, 0.05) is 13.7 Å². The third-order valence-corrected chi connectivity index (χ3v) is 3.43. The fourth-order valence-electron chi connectivity index (χ4n) is 1.97. The van der Waals surface area contributed by atoms with E-state index in [4.69, 9.17) is 10.6 Å². The highest BCUT2D eigenvalue weighted by atomic mass is 79.9. The van der Waals surface area contributed by atoms with Crippen molar-refractivity contribution in [2.75, 3.05) is 7.11 Å². The maximum atomic E-state index is 5.66. The molecule has 0 fully saturated rings. The van der Waals surface area contributed by atoms with Crippen molar-refractivity contribution >= 4 is 15.9 Å². The van der Waals surface area contributed by atoms with Crippen LogP contribution in [-0.4, -0.2) is 23.0 Å². The van der Waals surface area contributed by atoms with Gasteiger partial charge in [-0.3, -0.25) is 10.5 Å². The summed E-state index contributed by atoms with van der Waals surface area (Å²) in [6.45, 7) is 5.07. The van der Waals surface area contributed by atoms with E-state index in [1.165, 1.54) is 0 Å². The van der Waals surface area contributed by atoms with Crippen molar-refractivity contribution in [2.45, 2.75) is 45.4 Å². The van der Waals surface area contributed by atoms with Crippen LogP contribution in [0.2, 0.25) is 0 Å². The molecular formula is C11H21BrN4O. The zero-order valence-corrected chi connectivity index (χ0v) is 12.2. The molecule has 0 aliphatic heterocycles. The summed E-state index contributed by atoms with van der Waals surface area (Å²) < 4.78 is 8.39. The molecule has 1 aromatic heterocycles. The molecule has 1 aromatic rings. The van der Waals surface area contributed by atoms with Crippen LogP contribution in [0.3, 0.4) is 0 Å². The lowest BCUT2D eigenvalue weighted by Gasteiger charge is -2.25. The van der Waals surface area contributed by atoms with Crippen molar-refractivity contribution < 1.29 is 4.74 Å². The Bertz CT molecular complexity index is 338. The van der Waals surface area contributed by atoms with E-state index in [1.807, 2.05) is 4.68 Å². The summed E-state index contributed by atoms with van der Waals surface area (Å²) in [6.07, 6.45) is 3.75. The molecule has 0 aliphatic carbocycles. The lowest BCUT2D eigenvalue weighted by Crippen LogP contribution is -2.39. The van der Waals surface area contributed by atoms with E-state index in [1.54, 1.807) is 13.3 Å². The first kappa shape index (κ1) is 14.6. The van der Waals surface area contributed by atoms with E-state index in [2.05, 4.69) is 40.3 Å². The number of ether oxygens (including phenoxy) is 1. The average Bonchev–Trinajstić information content (AvgIpc) is 2.68. The molecule has 2 atom stereocenters. The van der Waals surface area contributed by atoms with E-state index in [0.29, 0.717) is 0 Å². The number of halogens is 1. The van der Waals surface area contributed by atoms with Crippen molar-refractivity contribution in [2.24, 2.45) is 5.84 Å². The van der Waals surface area contributed by atoms with Crippen LogP contribution in [0, 0.1) is 0 Å². The van der Waals surface area contributed by atoms with Gasteiger partial charge in [0.2, 0.25) is 0 Å². The third kappa shape index (κ3) is 3.28. The van der Waals surface area contributed by atoms with Crippen molar-refractivity contribution in [3.63, 3.8) is 0 Å². The first-order valence-corrected chi connectivity index (χ1v) is 6.68. The lowest BCUT2D eigenvalue weighted by atomic mass is 10.1. The fourth-order valence-corrected chi connectivity index (χ4v) is 2.51. The molecule has 0 spiro atoms. The summed E-state index contributed by atoms with van der Waals surface area (Å²) in [6, 6.07) is -0.0616. The van der Waals surface area contributed by atoms with Crippen molar-refractivity contribution in [1.82, 2.24) is 15.2 Å². The highest BCUT2D eigenvalue weighted by molar-refractivity contribution is 9.10. The Labute approximate surface area is 111 Å². The van der Waals surface area contributed by atoms with Gasteiger partial charge in [0.25, 0.3) is 0 Å². The van der Waals surface area contributed by atoms with Crippen molar-refractivity contribution in [3.8, 4) is 0 Å². The van der Waals surface area contributed by atoms with Crippen LogP contribution < -0.4 is 11.3 Å². The Morgan fingerprint density at radius 1 is 1.59 bits per heavy atom. The quantitative estimate of drug-likeness (QED) is 0.597. The SMILES string of the molecule is CCCn1ncc(Br)c1C(NN)C(CC)OC. The van der Waals surface area contributed by atoms with Crippen LogP contribution in [0.15, 0.2) is 10.7 Å². The first-order chi connectivity index (χ1) is 8.19. The van der Waals surface area contributed by atoms with E-state index >= 15 is 0 Å². The van der Waals surface area contributed by atoms with Crippen LogP contribution in [-0.2, 0) is 11.3 Å². The minimum Gasteiger partial charge on any atom is -0.379 e. The van der Waals surface area contributed by atoms with Gasteiger partial charge in [0.1, 0.15) is 0 Å². The minimum atomic E-state index is -0.0616. The number of hydrazine groups is 1. The molecule has 0 radical (unpaired) electrons. The molecule has 0 aliphatic rings. The van der Waals surface area contributed by atoms with Crippen molar-refractivity contribution in [3.05, 3.63) is 16.4 Å². The minimum absolute atomic E-state index is 0.0311. The smallest absolute Gasteiger partial charge is 0.0901 e. The number of aryl methyl sites for hydroxylation is 1. The normalized spacial score (nSPS) is 14.9. The third-order valence-electron chi connectivity index (χ3n) is 2.82. The van der Waals surface area contributed by atoms with Gasteiger partial charge < -0.3 is 4.74 Å². The molecule has 0 amide bonds. The standard InChI is InChI=1S/C11H21BrN4O/c1-4-6-16-11(8(12)7-14-16)10(15-13)9(5-2)17-3/h7,9-10,15H,4-6,13H2,1-3H3. The number of hydrogen-bond acceptors (Lipinski definition) is 4. The average molecular weight is 305 g/mol. The summed E-state index contributed by atoms with van der Waals surface area (Å²) in [7, 11) is 1.70. The van der Waals surface area contributed by atoms with Crippen LogP contribution >= 0.6 is 15.9 Å². The Morgan fingerprint density at radius 3 is 2.76 bits per heavy atom. The van der Waals surface area contributed by atoms with Gasteiger partial charge in [-0.15, -0.1) is 0 Å². The van der Waals surface area contributed by atoms with Gasteiger partial charge in [-0.2, -0.15) is 5.10 Å². The number of methoxy groups -OCH3 is 1. The molecule has 2 unspecified atom stereocenters. The van der Waals surface area contributed by atoms with Gasteiger partial charge in [-0.05, 0) is 28.8 Å². The van der Waals surface area contributed by atoms with Gasteiger partial charge in [0.15, 0.2) is 0 Å². The zero-order chi connectivity index (χ0) is 12.8. The van der Waals surface area contributed by atoms with Gasteiger partial charge in [0.05, 0.1) is 28.5 Å². The summed E-state index contributed by atoms with van der Waals surface area (Å²) in [5, 5.41) is 4.34. The molecule has 0 saturated heterocycles. The molecule has 1 heterocycles. The maximum absolute atomic E-state index is 5.66. The maximum Gasteiger partial charge on any atom is 0.0901 e. The summed E-state index contributed by atoms with van der Waals surface area (Å²) in [5.74, 6) is 5.66. The van der Waals surface area contributed by atoms with Crippen LogP contribution in [0.5, 0.6) is 0 Å². The van der Waals surface area contributed by atoms with Crippen molar-refractivity contribution in [1.29, 1.82) is 0 Å². The first-order valence-electron chi connectivity index (χ1n) is 5.89. The summed E-state index contributed by atoms with van der Waals surface area (Å²) >= 11 is 3.52. The number of rotatable bonds is 7. The Balaban J connectivity index is 3.04. The van der Waals surface area contributed by atoms with Crippen LogP contribution in [0.1, 0.15) is 38.4 Å². The number of hydrogen-bond donors (Lipinski definition) is 2. The zero-order valence-electron chi connectivity index (χ0n) is 10.6. The predicted octanol–water partition coefficient (Wildman–Crippen LogP) is 1.99. The van der Waals surface area contributed by atoms with Gasteiger partial charge in [-0.1, -0.05) is 13.8 Å². The van der Waals surface area contributed by atoms with Gasteiger partial charge in [-0.25, -0.2) is 5.43 Å². The van der Waals surface area contributed by atoms with Crippen LogP contribution in [0.25, 0.3) is 0 Å². The summed E-state index contributed by atoms with van der Waals surface area (Å²) in [5.41, 5.74) is 3.87. The highest BCUT2D eigenvalue weighted by Crippen LogP contribution is 2.27. The van der Waals surface area contributed by atoms with Gasteiger partial charge >= 0.3 is 0 Å². The molecular weight excluding hydrogens is 284 g/mol. The monoisotopic (exact) mass is 304 g/mol. The molecule has 6 heteroatoms. The topological polar surface area (TPSA) is 65.1 Å². The number of aromatic nitrogens is 2. The number of nitrogens with two attached hydrogens (primary N) is 1. The highest BCUT2D eigenvalue weighted by Gasteiger charge is 2.26. The van der Waals surface area contributed by atoms with E-state index in [-0.39, 0.29) is 12.1 Å². The molecule has 98 valence electrons. The molecule has 3 N–H and O–H groups in total. The predicted molar refractivity (Wildman–Crippen MR) is 71.4 cm³/mol. The molecule has 0 bridgehead atoms. The second-order valence-corrected chi connectivity index (χ2v) is 4.78. The van der Waals surface area contributed by atoms with Crippen LogP contribution in [0.4, 0.5) is 0 Å². The molecule has 17 heavy (non-hydrogen) atoms. The molecule has 0 aromatic carbocycles. The number of nitrogens with one attached hydrogen (secondary N) is 1. The van der Waals surface area contributed by atoms with E-state index < -0.39 is 0 Å². The Hall–Kier alpha value is -0.430. The Kier molecular flexibility index (Phi) is 6.11. The second kappa shape index (κ2) is 7.10. The number of nitrogens with zero attached hydrogens (tertiary/aromatic N) is 2. The molecule has 0 saturated carbocycles. The van der Waals surface area contributed by atoms with E-state index in [9.17, 15) is 0 Å². The van der Waals surface area contributed by atoms with E-state index in [0.717, 1.165) is 29.6 Å². The second-order valence-electron chi connectivity index (χ2n) is 3.93. The molecule has 1 rings (SSSR count). The lowest BCUT2D eigenvalue weighted by molar-refractivity contribution is 0.0619. The Morgan fingerprint density at radius 2 is 2.29 bits per heavy atom. The largest absolute Gasteiger partial charge is 0.379 e. The molecule has 5 nitrogen and oxygen atoms in total. The summed E-state index contributed by atoms with van der Waals surface area (Å²) in [4.78, 5) is 0.